The standard InChI is InChI=1S/C33H28FN3O6S/c1-18-7-6-8-25-30(18)43-33(36-25)24-15-20(11-14-27(24)41-4)22-16-23-28(17-26(22)37(3)44(5,39)40)42-31(29(23)32(38)35-2)19-9-12-21(34)13-10-19/h6-17H,1-5H3,(H,35,38). The van der Waals surface area contributed by atoms with Crippen LogP contribution in [0.4, 0.5) is 10.1 Å². The third-order valence-corrected chi connectivity index (χ3v) is 8.75. The van der Waals surface area contributed by atoms with E-state index in [0.717, 1.165) is 16.1 Å². The number of oxazole rings is 1. The Morgan fingerprint density at radius 2 is 1.70 bits per heavy atom. The van der Waals surface area contributed by atoms with E-state index in [4.69, 9.17) is 13.6 Å². The van der Waals surface area contributed by atoms with Gasteiger partial charge in [-0.1, -0.05) is 18.2 Å². The van der Waals surface area contributed by atoms with Crippen LogP contribution in [0.15, 0.2) is 81.6 Å². The molecule has 6 rings (SSSR count). The third-order valence-electron chi connectivity index (χ3n) is 7.56. The lowest BCUT2D eigenvalue weighted by molar-refractivity contribution is 0.0964. The number of methoxy groups -OCH3 is 1. The number of furan rings is 1. The van der Waals surface area contributed by atoms with Crippen LogP contribution in [-0.2, 0) is 10.0 Å². The van der Waals surface area contributed by atoms with Crippen molar-refractivity contribution in [1.82, 2.24) is 10.3 Å². The number of para-hydroxylation sites is 1. The van der Waals surface area contributed by atoms with Crippen LogP contribution in [0.5, 0.6) is 5.75 Å². The van der Waals surface area contributed by atoms with Gasteiger partial charge in [-0.2, -0.15) is 0 Å². The number of nitrogens with zero attached hydrogens (tertiary/aromatic N) is 2. The molecule has 0 unspecified atom stereocenters. The van der Waals surface area contributed by atoms with Gasteiger partial charge in [-0.25, -0.2) is 17.8 Å². The molecule has 0 saturated heterocycles. The molecule has 4 aromatic carbocycles. The summed E-state index contributed by atoms with van der Waals surface area (Å²) in [5.74, 6) is 0.206. The van der Waals surface area contributed by atoms with Crippen LogP contribution < -0.4 is 14.4 Å². The Morgan fingerprint density at radius 1 is 0.977 bits per heavy atom. The lowest BCUT2D eigenvalue weighted by atomic mass is 9.97. The van der Waals surface area contributed by atoms with Crippen molar-refractivity contribution >= 4 is 43.7 Å². The highest BCUT2D eigenvalue weighted by atomic mass is 32.2. The molecule has 0 radical (unpaired) electrons. The van der Waals surface area contributed by atoms with Gasteiger partial charge in [0.2, 0.25) is 15.9 Å². The predicted octanol–water partition coefficient (Wildman–Crippen LogP) is 6.79. The molecule has 224 valence electrons. The molecule has 9 nitrogen and oxygen atoms in total. The molecular formula is C33H28FN3O6S. The van der Waals surface area contributed by atoms with E-state index in [0.29, 0.717) is 56.1 Å². The quantitative estimate of drug-likeness (QED) is 0.211. The molecule has 0 bridgehead atoms. The fourth-order valence-electron chi connectivity index (χ4n) is 5.20. The number of hydrogen-bond donors (Lipinski definition) is 1. The molecule has 2 aromatic heterocycles. The van der Waals surface area contributed by atoms with Crippen LogP contribution in [0.2, 0.25) is 0 Å². The number of carbonyl (C=O) groups excluding carboxylic acids is 1. The number of aryl methyl sites for hydroxylation is 1. The maximum absolute atomic E-state index is 13.7. The van der Waals surface area contributed by atoms with Gasteiger partial charge in [-0.15, -0.1) is 0 Å². The van der Waals surface area contributed by atoms with Crippen molar-refractivity contribution in [3.63, 3.8) is 0 Å². The normalized spacial score (nSPS) is 11.7. The summed E-state index contributed by atoms with van der Waals surface area (Å²) in [6.45, 7) is 1.93. The molecule has 2 heterocycles. The Kier molecular flexibility index (Phi) is 7.13. The van der Waals surface area contributed by atoms with Crippen molar-refractivity contribution in [2.45, 2.75) is 6.92 Å². The zero-order valence-corrected chi connectivity index (χ0v) is 25.4. The van der Waals surface area contributed by atoms with E-state index in [9.17, 15) is 17.6 Å². The lowest BCUT2D eigenvalue weighted by Gasteiger charge is -2.21. The first-order chi connectivity index (χ1) is 21.0. The Morgan fingerprint density at radius 3 is 2.36 bits per heavy atom. The fourth-order valence-corrected chi connectivity index (χ4v) is 5.71. The number of fused-ring (bicyclic) bond motifs is 2. The third kappa shape index (κ3) is 4.94. The lowest BCUT2D eigenvalue weighted by Crippen LogP contribution is -2.25. The van der Waals surface area contributed by atoms with Crippen LogP contribution in [0.1, 0.15) is 15.9 Å². The molecule has 0 fully saturated rings. The van der Waals surface area contributed by atoms with Crippen LogP contribution in [0.25, 0.3) is 56.0 Å². The average Bonchev–Trinajstić information content (AvgIpc) is 3.62. The predicted molar refractivity (Wildman–Crippen MR) is 168 cm³/mol. The summed E-state index contributed by atoms with van der Waals surface area (Å²) in [5, 5.41) is 3.09. The van der Waals surface area contributed by atoms with Crippen molar-refractivity contribution in [3.05, 3.63) is 89.7 Å². The van der Waals surface area contributed by atoms with E-state index in [1.54, 1.807) is 37.4 Å². The number of ether oxygens (including phenoxy) is 1. The smallest absolute Gasteiger partial charge is 0.255 e. The summed E-state index contributed by atoms with van der Waals surface area (Å²) < 4.78 is 58.4. The molecule has 0 atom stereocenters. The van der Waals surface area contributed by atoms with Gasteiger partial charge in [0.15, 0.2) is 5.58 Å². The van der Waals surface area contributed by atoms with Crippen molar-refractivity contribution in [2.24, 2.45) is 0 Å². The van der Waals surface area contributed by atoms with Gasteiger partial charge in [0, 0.05) is 36.7 Å². The van der Waals surface area contributed by atoms with E-state index in [1.165, 1.54) is 38.4 Å². The molecule has 0 aliphatic carbocycles. The summed E-state index contributed by atoms with van der Waals surface area (Å²) in [5.41, 5.74) is 5.23. The fraction of sp³-hybridized carbons (Fsp3) is 0.152. The highest BCUT2D eigenvalue weighted by Gasteiger charge is 2.26. The Bertz CT molecular complexity index is 2190. The van der Waals surface area contributed by atoms with Gasteiger partial charge in [-0.05, 0) is 66.6 Å². The van der Waals surface area contributed by atoms with E-state index >= 15 is 0 Å². The number of amides is 1. The van der Waals surface area contributed by atoms with Crippen molar-refractivity contribution in [3.8, 4) is 39.7 Å². The van der Waals surface area contributed by atoms with Gasteiger partial charge >= 0.3 is 0 Å². The van der Waals surface area contributed by atoms with E-state index < -0.39 is 21.7 Å². The van der Waals surface area contributed by atoms with Crippen LogP contribution >= 0.6 is 0 Å². The molecule has 1 N–H and O–H groups in total. The second-order valence-electron chi connectivity index (χ2n) is 10.3. The zero-order chi connectivity index (χ0) is 31.3. The maximum atomic E-state index is 13.7. The van der Waals surface area contributed by atoms with Crippen molar-refractivity contribution < 1.29 is 31.2 Å². The Hall–Kier alpha value is -5.16. The topological polar surface area (TPSA) is 115 Å². The van der Waals surface area contributed by atoms with E-state index in [1.807, 2.05) is 25.1 Å². The number of anilines is 1. The molecule has 6 aromatic rings. The summed E-state index contributed by atoms with van der Waals surface area (Å²) in [6.07, 6.45) is 1.10. The average molecular weight is 614 g/mol. The first-order valence-electron chi connectivity index (χ1n) is 13.6. The molecule has 0 aliphatic heterocycles. The number of rotatable bonds is 7. The van der Waals surface area contributed by atoms with E-state index in [-0.39, 0.29) is 16.9 Å². The molecular weight excluding hydrogens is 585 g/mol. The highest BCUT2D eigenvalue weighted by molar-refractivity contribution is 7.92. The summed E-state index contributed by atoms with van der Waals surface area (Å²) >= 11 is 0. The summed E-state index contributed by atoms with van der Waals surface area (Å²) in [7, 11) is 0.765. The van der Waals surface area contributed by atoms with Crippen LogP contribution in [-0.4, -0.2) is 46.8 Å². The molecule has 0 spiro atoms. The molecule has 11 heteroatoms. The van der Waals surface area contributed by atoms with Gasteiger partial charge in [-0.3, -0.25) is 9.10 Å². The first-order valence-corrected chi connectivity index (χ1v) is 15.4. The number of hydrogen-bond acceptors (Lipinski definition) is 7. The number of halogens is 1. The first kappa shape index (κ1) is 28.9. The highest BCUT2D eigenvalue weighted by Crippen LogP contribution is 2.43. The van der Waals surface area contributed by atoms with E-state index in [2.05, 4.69) is 10.3 Å². The van der Waals surface area contributed by atoms with Crippen LogP contribution in [0, 0.1) is 12.7 Å². The molecule has 0 aliphatic rings. The minimum Gasteiger partial charge on any atom is -0.496 e. The van der Waals surface area contributed by atoms with Crippen LogP contribution in [0.3, 0.4) is 0 Å². The molecule has 1 amide bonds. The van der Waals surface area contributed by atoms with Gasteiger partial charge in [0.1, 0.15) is 28.4 Å². The summed E-state index contributed by atoms with van der Waals surface area (Å²) in [4.78, 5) is 17.9. The molecule has 0 saturated carbocycles. The zero-order valence-electron chi connectivity index (χ0n) is 24.6. The summed E-state index contributed by atoms with van der Waals surface area (Å²) in [6, 6.07) is 19.9. The SMILES string of the molecule is CNC(=O)c1c(-c2ccc(F)cc2)oc2cc(N(C)S(C)(=O)=O)c(-c3ccc(OC)c(-c4nc5cccc(C)c5o4)c3)cc12. The Balaban J connectivity index is 1.64. The monoisotopic (exact) mass is 613 g/mol. The number of benzene rings is 4. The minimum atomic E-state index is -3.72. The maximum Gasteiger partial charge on any atom is 0.255 e. The number of carbonyl (C=O) groups is 1. The van der Waals surface area contributed by atoms with Crippen molar-refractivity contribution in [2.75, 3.05) is 31.8 Å². The largest absolute Gasteiger partial charge is 0.496 e. The second kappa shape index (κ2) is 10.8. The van der Waals surface area contributed by atoms with Gasteiger partial charge < -0.3 is 18.9 Å². The number of aromatic nitrogens is 1. The Labute approximate surface area is 252 Å². The van der Waals surface area contributed by atoms with Gasteiger partial charge in [0.25, 0.3) is 5.91 Å². The second-order valence-corrected chi connectivity index (χ2v) is 12.4. The number of sulfonamides is 1. The van der Waals surface area contributed by atoms with Crippen molar-refractivity contribution in [1.29, 1.82) is 0 Å². The minimum absolute atomic E-state index is 0.224. The molecule has 44 heavy (non-hydrogen) atoms. The number of nitrogens with one attached hydrogen (secondary N) is 1. The van der Waals surface area contributed by atoms with Gasteiger partial charge in [0.05, 0.1) is 30.2 Å².